The molecule has 1 atom stereocenters. The Morgan fingerprint density at radius 1 is 1.73 bits per heavy atom. The van der Waals surface area contributed by atoms with E-state index in [2.05, 4.69) is 10.3 Å². The zero-order valence-corrected chi connectivity index (χ0v) is 8.66. The van der Waals surface area contributed by atoms with Crippen molar-refractivity contribution in [3.63, 3.8) is 0 Å². The van der Waals surface area contributed by atoms with Gasteiger partial charge < -0.3 is 10.1 Å². The first-order valence-electron chi connectivity index (χ1n) is 5.02. The van der Waals surface area contributed by atoms with E-state index in [1.165, 1.54) is 6.42 Å². The summed E-state index contributed by atoms with van der Waals surface area (Å²) in [6, 6.07) is 4.36. The van der Waals surface area contributed by atoms with E-state index in [9.17, 15) is 0 Å². The quantitative estimate of drug-likeness (QED) is 0.796. The van der Waals surface area contributed by atoms with Crippen LogP contribution in [0.4, 0.5) is 0 Å². The molecule has 4 nitrogen and oxygen atoms in total. The van der Waals surface area contributed by atoms with Gasteiger partial charge in [0.25, 0.3) is 0 Å². The van der Waals surface area contributed by atoms with E-state index in [-0.39, 0.29) is 0 Å². The fraction of sp³-hybridized carbons (Fsp3) is 0.455. The normalized spacial score (nSPS) is 19.1. The van der Waals surface area contributed by atoms with Crippen molar-refractivity contribution in [2.75, 3.05) is 13.2 Å². The number of ether oxygens (including phenoxy) is 1. The Morgan fingerprint density at radius 3 is 3.07 bits per heavy atom. The van der Waals surface area contributed by atoms with E-state index in [0.717, 1.165) is 17.9 Å². The van der Waals surface area contributed by atoms with E-state index < -0.39 is 0 Å². The third-order valence-electron chi connectivity index (χ3n) is 2.54. The largest absolute Gasteiger partial charge is 0.490 e. The maximum atomic E-state index is 8.71. The van der Waals surface area contributed by atoms with Gasteiger partial charge in [0.05, 0.1) is 6.20 Å². The minimum absolute atomic E-state index is 0.462. The van der Waals surface area contributed by atoms with Crippen LogP contribution >= 0.6 is 0 Å². The molecule has 78 valence electrons. The van der Waals surface area contributed by atoms with Crippen molar-refractivity contribution < 1.29 is 4.74 Å². The van der Waals surface area contributed by atoms with Gasteiger partial charge in [0.1, 0.15) is 24.1 Å². The van der Waals surface area contributed by atoms with Crippen molar-refractivity contribution in [1.29, 1.82) is 5.26 Å². The average molecular weight is 203 g/mol. The van der Waals surface area contributed by atoms with Crippen LogP contribution in [0.25, 0.3) is 0 Å². The smallest absolute Gasteiger partial charge is 0.143 e. The first-order valence-corrected chi connectivity index (χ1v) is 5.02. The van der Waals surface area contributed by atoms with E-state index in [4.69, 9.17) is 10.00 Å². The molecule has 1 aromatic rings. The third-order valence-corrected chi connectivity index (χ3v) is 2.54. The lowest BCUT2D eigenvalue weighted by Crippen LogP contribution is -2.46. The molecular formula is C11H13N3O. The first-order chi connectivity index (χ1) is 7.29. The number of nitrogens with zero attached hydrogens (tertiary/aromatic N) is 2. The number of hydrogen-bond acceptors (Lipinski definition) is 4. The second-order valence-corrected chi connectivity index (χ2v) is 3.70. The molecule has 0 radical (unpaired) electrons. The monoisotopic (exact) mass is 203 g/mol. The standard InChI is InChI=1S/C11H13N3O/c1-8-4-10(6-14-11(8)5-12)15-7-9-2-3-13-9/h4,6,9,13H,2-3,7H2,1H3. The summed E-state index contributed by atoms with van der Waals surface area (Å²) >= 11 is 0. The van der Waals surface area contributed by atoms with Gasteiger partial charge in [0, 0.05) is 6.04 Å². The summed E-state index contributed by atoms with van der Waals surface area (Å²) in [4.78, 5) is 4.01. The molecule has 0 saturated carbocycles. The van der Waals surface area contributed by atoms with Gasteiger partial charge in [-0.2, -0.15) is 5.26 Å². The number of nitrogens with one attached hydrogen (secondary N) is 1. The summed E-state index contributed by atoms with van der Waals surface area (Å²) in [6.45, 7) is 3.62. The summed E-state index contributed by atoms with van der Waals surface area (Å²) in [5, 5.41) is 12.0. The maximum absolute atomic E-state index is 8.71. The minimum atomic E-state index is 0.462. The lowest BCUT2D eigenvalue weighted by Gasteiger charge is -2.27. The van der Waals surface area contributed by atoms with Gasteiger partial charge in [-0.25, -0.2) is 4.98 Å². The number of hydrogen-bond donors (Lipinski definition) is 1. The Morgan fingerprint density at radius 2 is 2.53 bits per heavy atom. The molecule has 15 heavy (non-hydrogen) atoms. The average Bonchev–Trinajstić information content (AvgIpc) is 2.16. The fourth-order valence-corrected chi connectivity index (χ4v) is 1.43. The third kappa shape index (κ3) is 2.25. The number of pyridine rings is 1. The van der Waals surface area contributed by atoms with Crippen LogP contribution in [0.3, 0.4) is 0 Å². The topological polar surface area (TPSA) is 57.9 Å². The summed E-state index contributed by atoms with van der Waals surface area (Å²) < 4.78 is 5.56. The molecule has 4 heteroatoms. The van der Waals surface area contributed by atoms with Gasteiger partial charge >= 0.3 is 0 Å². The van der Waals surface area contributed by atoms with Gasteiger partial charge in [-0.15, -0.1) is 0 Å². The Kier molecular flexibility index (Phi) is 2.84. The highest BCUT2D eigenvalue weighted by molar-refractivity contribution is 5.35. The van der Waals surface area contributed by atoms with Gasteiger partial charge in [-0.3, -0.25) is 0 Å². The summed E-state index contributed by atoms with van der Waals surface area (Å²) in [5.41, 5.74) is 1.32. The Balaban J connectivity index is 1.97. The first kappa shape index (κ1) is 9.94. The molecular weight excluding hydrogens is 190 g/mol. The molecule has 0 aliphatic carbocycles. The maximum Gasteiger partial charge on any atom is 0.143 e. The van der Waals surface area contributed by atoms with Gasteiger partial charge in [-0.1, -0.05) is 0 Å². The highest BCUT2D eigenvalue weighted by Gasteiger charge is 2.16. The Hall–Kier alpha value is -1.60. The Labute approximate surface area is 88.9 Å². The van der Waals surface area contributed by atoms with Crippen molar-refractivity contribution in [3.05, 3.63) is 23.5 Å². The fourth-order valence-electron chi connectivity index (χ4n) is 1.43. The van der Waals surface area contributed by atoms with Crippen LogP contribution in [-0.4, -0.2) is 24.2 Å². The molecule has 1 aromatic heterocycles. The number of aromatic nitrogens is 1. The summed E-state index contributed by atoms with van der Waals surface area (Å²) in [7, 11) is 0. The highest BCUT2D eigenvalue weighted by Crippen LogP contribution is 2.15. The summed E-state index contributed by atoms with van der Waals surface area (Å²) in [6.07, 6.45) is 2.77. The molecule has 1 unspecified atom stereocenters. The molecule has 2 rings (SSSR count). The second-order valence-electron chi connectivity index (χ2n) is 3.70. The van der Waals surface area contributed by atoms with Crippen LogP contribution in [0.5, 0.6) is 5.75 Å². The number of aryl methyl sites for hydroxylation is 1. The van der Waals surface area contributed by atoms with Crippen molar-refractivity contribution in [3.8, 4) is 11.8 Å². The van der Waals surface area contributed by atoms with Crippen LogP contribution < -0.4 is 10.1 Å². The molecule has 0 spiro atoms. The van der Waals surface area contributed by atoms with Gasteiger partial charge in [0.2, 0.25) is 0 Å². The van der Waals surface area contributed by atoms with E-state index >= 15 is 0 Å². The zero-order valence-electron chi connectivity index (χ0n) is 8.66. The molecule has 1 N–H and O–H groups in total. The van der Waals surface area contributed by atoms with Gasteiger partial charge in [0.15, 0.2) is 0 Å². The van der Waals surface area contributed by atoms with Gasteiger partial charge in [-0.05, 0) is 31.5 Å². The molecule has 0 bridgehead atoms. The SMILES string of the molecule is Cc1cc(OCC2CCN2)cnc1C#N. The van der Waals surface area contributed by atoms with E-state index in [1.807, 2.05) is 19.1 Å². The van der Waals surface area contributed by atoms with Crippen molar-refractivity contribution in [2.45, 2.75) is 19.4 Å². The highest BCUT2D eigenvalue weighted by atomic mass is 16.5. The molecule has 0 amide bonds. The second kappa shape index (κ2) is 4.28. The zero-order chi connectivity index (χ0) is 10.7. The summed E-state index contributed by atoms with van der Waals surface area (Å²) in [5.74, 6) is 0.736. The van der Waals surface area contributed by atoms with E-state index in [0.29, 0.717) is 18.3 Å². The van der Waals surface area contributed by atoms with Crippen LogP contribution in [-0.2, 0) is 0 Å². The Bertz CT molecular complexity index is 393. The molecule has 1 aliphatic rings. The minimum Gasteiger partial charge on any atom is -0.490 e. The molecule has 2 heterocycles. The van der Waals surface area contributed by atoms with Crippen molar-refractivity contribution >= 4 is 0 Å². The van der Waals surface area contributed by atoms with Crippen molar-refractivity contribution in [1.82, 2.24) is 10.3 Å². The predicted octanol–water partition coefficient (Wildman–Crippen LogP) is 1.00. The molecule has 1 saturated heterocycles. The lowest BCUT2D eigenvalue weighted by molar-refractivity contribution is 0.217. The van der Waals surface area contributed by atoms with Crippen LogP contribution in [0.15, 0.2) is 12.3 Å². The number of rotatable bonds is 3. The predicted molar refractivity (Wildman–Crippen MR) is 55.6 cm³/mol. The molecule has 0 aromatic carbocycles. The molecule has 1 fully saturated rings. The van der Waals surface area contributed by atoms with Crippen molar-refractivity contribution in [2.24, 2.45) is 0 Å². The van der Waals surface area contributed by atoms with Crippen LogP contribution in [0.1, 0.15) is 17.7 Å². The van der Waals surface area contributed by atoms with Crippen LogP contribution in [0.2, 0.25) is 0 Å². The number of nitriles is 1. The van der Waals surface area contributed by atoms with Crippen LogP contribution in [0, 0.1) is 18.3 Å². The lowest BCUT2D eigenvalue weighted by atomic mass is 10.1. The van der Waals surface area contributed by atoms with E-state index in [1.54, 1.807) is 6.20 Å². The molecule has 1 aliphatic heterocycles.